The van der Waals surface area contributed by atoms with Crippen molar-refractivity contribution in [3.8, 4) is 0 Å². The first-order valence-corrected chi connectivity index (χ1v) is 9.64. The summed E-state index contributed by atoms with van der Waals surface area (Å²) in [6, 6.07) is 16.4. The highest BCUT2D eigenvalue weighted by Gasteiger charge is 2.28. The molecule has 2 aromatic rings. The van der Waals surface area contributed by atoms with E-state index in [0.717, 1.165) is 53.9 Å². The first-order chi connectivity index (χ1) is 12.2. The van der Waals surface area contributed by atoms with Gasteiger partial charge in [-0.1, -0.05) is 36.0 Å². The number of nitrogens with zero attached hydrogens (tertiary/aromatic N) is 3. The van der Waals surface area contributed by atoms with Crippen LogP contribution in [0.2, 0.25) is 0 Å². The molecule has 0 N–H and O–H groups in total. The molecule has 1 saturated heterocycles. The highest BCUT2D eigenvalue weighted by Crippen LogP contribution is 2.48. The van der Waals surface area contributed by atoms with Crippen molar-refractivity contribution >= 4 is 29.0 Å². The Morgan fingerprint density at radius 3 is 2.08 bits per heavy atom. The molecule has 1 fully saturated rings. The fourth-order valence-electron chi connectivity index (χ4n) is 3.41. The van der Waals surface area contributed by atoms with Gasteiger partial charge in [0.1, 0.15) is 0 Å². The molecule has 0 spiro atoms. The van der Waals surface area contributed by atoms with Crippen LogP contribution < -0.4 is 4.90 Å². The van der Waals surface area contributed by atoms with Crippen LogP contribution in [0.25, 0.3) is 0 Å². The Balaban J connectivity index is 1.54. The number of fused-ring (bicyclic) bond motifs is 2. The lowest BCUT2D eigenvalue weighted by molar-refractivity contribution is -0.118. The molecule has 4 nitrogen and oxygen atoms in total. The van der Waals surface area contributed by atoms with E-state index < -0.39 is 0 Å². The highest BCUT2D eigenvalue weighted by molar-refractivity contribution is 7.99. The van der Waals surface area contributed by atoms with E-state index in [2.05, 4.69) is 29.0 Å². The van der Waals surface area contributed by atoms with Gasteiger partial charge in [-0.3, -0.25) is 9.69 Å². The van der Waals surface area contributed by atoms with Gasteiger partial charge in [0.05, 0.1) is 11.4 Å². The maximum Gasteiger partial charge on any atom is 0.232 e. The number of anilines is 2. The Morgan fingerprint density at radius 2 is 1.48 bits per heavy atom. The summed E-state index contributed by atoms with van der Waals surface area (Å²) in [4.78, 5) is 22.1. The quantitative estimate of drug-likeness (QED) is 0.844. The number of hydrogen-bond acceptors (Lipinski definition) is 4. The molecule has 2 aromatic carbocycles. The predicted octanol–water partition coefficient (Wildman–Crippen LogP) is 3.45. The molecule has 130 valence electrons. The Bertz CT molecular complexity index is 726. The third-order valence-electron chi connectivity index (χ3n) is 4.92. The van der Waals surface area contributed by atoms with Crippen LogP contribution in [-0.2, 0) is 4.79 Å². The predicted molar refractivity (Wildman–Crippen MR) is 103 cm³/mol. The molecule has 0 atom stereocenters. The first kappa shape index (κ1) is 16.6. The summed E-state index contributed by atoms with van der Waals surface area (Å²) in [6.45, 7) is 5.10. The standard InChI is InChI=1S/C20H23N3OS/c1-21-12-14-22(15-13-21)11-10-20(24)23-16-6-2-4-8-18(16)25-19-9-5-3-7-17(19)23/h2-9H,10-15H2,1H3. The first-order valence-electron chi connectivity index (χ1n) is 8.82. The number of carbonyl (C=O) groups is 1. The lowest BCUT2D eigenvalue weighted by Gasteiger charge is -2.34. The smallest absolute Gasteiger partial charge is 0.232 e. The third-order valence-corrected chi connectivity index (χ3v) is 6.05. The zero-order valence-electron chi connectivity index (χ0n) is 14.5. The van der Waals surface area contributed by atoms with Gasteiger partial charge in [0.2, 0.25) is 5.91 Å². The van der Waals surface area contributed by atoms with E-state index in [9.17, 15) is 4.79 Å². The van der Waals surface area contributed by atoms with E-state index in [1.54, 1.807) is 11.8 Å². The van der Waals surface area contributed by atoms with Crippen LogP contribution in [0.15, 0.2) is 58.3 Å². The maximum atomic E-state index is 13.1. The van der Waals surface area contributed by atoms with Crippen LogP contribution >= 0.6 is 11.8 Å². The van der Waals surface area contributed by atoms with Gasteiger partial charge < -0.3 is 9.80 Å². The Kier molecular flexibility index (Phi) is 4.79. The zero-order valence-corrected chi connectivity index (χ0v) is 15.3. The molecule has 0 saturated carbocycles. The SMILES string of the molecule is CN1CCN(CCC(=O)N2c3ccccc3Sc3ccccc32)CC1. The largest absolute Gasteiger partial charge is 0.304 e. The van der Waals surface area contributed by atoms with E-state index in [4.69, 9.17) is 0 Å². The fourth-order valence-corrected chi connectivity index (χ4v) is 4.47. The van der Waals surface area contributed by atoms with E-state index in [1.165, 1.54) is 0 Å². The summed E-state index contributed by atoms with van der Waals surface area (Å²) in [5.41, 5.74) is 2.02. The molecule has 2 heterocycles. The minimum atomic E-state index is 0.180. The molecule has 5 heteroatoms. The minimum Gasteiger partial charge on any atom is -0.304 e. The van der Waals surface area contributed by atoms with Gasteiger partial charge in [0.25, 0.3) is 0 Å². The molecule has 0 bridgehead atoms. The second-order valence-electron chi connectivity index (χ2n) is 6.66. The number of rotatable bonds is 3. The van der Waals surface area contributed by atoms with E-state index in [1.807, 2.05) is 41.3 Å². The second kappa shape index (κ2) is 7.20. The number of carbonyl (C=O) groups excluding carboxylic acids is 1. The van der Waals surface area contributed by atoms with Gasteiger partial charge >= 0.3 is 0 Å². The number of hydrogen-bond donors (Lipinski definition) is 0. The average Bonchev–Trinajstić information content (AvgIpc) is 2.65. The molecule has 1 amide bonds. The Morgan fingerprint density at radius 1 is 0.920 bits per heavy atom. The number of para-hydroxylation sites is 2. The van der Waals surface area contributed by atoms with Crippen LogP contribution in [0.4, 0.5) is 11.4 Å². The van der Waals surface area contributed by atoms with Gasteiger partial charge in [0, 0.05) is 48.9 Å². The van der Waals surface area contributed by atoms with Crippen molar-refractivity contribution in [2.45, 2.75) is 16.2 Å². The maximum absolute atomic E-state index is 13.1. The van der Waals surface area contributed by atoms with Crippen LogP contribution in [0, 0.1) is 0 Å². The lowest BCUT2D eigenvalue weighted by Crippen LogP contribution is -2.45. The molecule has 2 aliphatic rings. The van der Waals surface area contributed by atoms with E-state index in [0.29, 0.717) is 6.42 Å². The summed E-state index contributed by atoms with van der Waals surface area (Å²) < 4.78 is 0. The molecular formula is C20H23N3OS. The van der Waals surface area contributed by atoms with Crippen molar-refractivity contribution in [3.05, 3.63) is 48.5 Å². The van der Waals surface area contributed by atoms with Crippen LogP contribution in [0.3, 0.4) is 0 Å². The summed E-state index contributed by atoms with van der Waals surface area (Å²) in [6.07, 6.45) is 0.553. The number of likely N-dealkylation sites (N-methyl/N-ethyl adjacent to an activating group) is 1. The molecule has 0 unspecified atom stereocenters. The third kappa shape index (κ3) is 3.45. The molecule has 0 aliphatic carbocycles. The number of piperazine rings is 1. The van der Waals surface area contributed by atoms with Crippen LogP contribution in [-0.4, -0.2) is 55.5 Å². The topological polar surface area (TPSA) is 26.8 Å². The van der Waals surface area contributed by atoms with Gasteiger partial charge in [0.15, 0.2) is 0 Å². The summed E-state index contributed by atoms with van der Waals surface area (Å²) in [5, 5.41) is 0. The van der Waals surface area contributed by atoms with Gasteiger partial charge in [-0.25, -0.2) is 0 Å². The van der Waals surface area contributed by atoms with Crippen molar-refractivity contribution in [1.82, 2.24) is 9.80 Å². The average molecular weight is 353 g/mol. The monoisotopic (exact) mass is 353 g/mol. The second-order valence-corrected chi connectivity index (χ2v) is 7.75. The molecule has 0 aromatic heterocycles. The molecule has 25 heavy (non-hydrogen) atoms. The molecule has 4 rings (SSSR count). The lowest BCUT2D eigenvalue weighted by atomic mass is 10.2. The van der Waals surface area contributed by atoms with Crippen LogP contribution in [0.1, 0.15) is 6.42 Å². The van der Waals surface area contributed by atoms with Crippen molar-refractivity contribution in [2.75, 3.05) is 44.7 Å². The van der Waals surface area contributed by atoms with Gasteiger partial charge in [-0.05, 0) is 31.3 Å². The zero-order chi connectivity index (χ0) is 17.2. The fraction of sp³-hybridized carbons (Fsp3) is 0.350. The number of benzene rings is 2. The van der Waals surface area contributed by atoms with Crippen molar-refractivity contribution in [1.29, 1.82) is 0 Å². The van der Waals surface area contributed by atoms with Crippen molar-refractivity contribution in [3.63, 3.8) is 0 Å². The summed E-state index contributed by atoms with van der Waals surface area (Å²) >= 11 is 1.74. The Labute approximate surface area is 153 Å². The van der Waals surface area contributed by atoms with Gasteiger partial charge in [-0.15, -0.1) is 0 Å². The van der Waals surface area contributed by atoms with E-state index >= 15 is 0 Å². The summed E-state index contributed by atoms with van der Waals surface area (Å²) in [7, 11) is 2.15. The van der Waals surface area contributed by atoms with Crippen molar-refractivity contribution < 1.29 is 4.79 Å². The number of amides is 1. The van der Waals surface area contributed by atoms with Crippen LogP contribution in [0.5, 0.6) is 0 Å². The molecule has 0 radical (unpaired) electrons. The summed E-state index contributed by atoms with van der Waals surface area (Å²) in [5.74, 6) is 0.180. The Hall–Kier alpha value is -1.82. The minimum absolute atomic E-state index is 0.180. The molecule has 2 aliphatic heterocycles. The normalized spacial score (nSPS) is 17.9. The highest BCUT2D eigenvalue weighted by atomic mass is 32.2. The molecular weight excluding hydrogens is 330 g/mol. The van der Waals surface area contributed by atoms with E-state index in [-0.39, 0.29) is 5.91 Å². The van der Waals surface area contributed by atoms with Gasteiger partial charge in [-0.2, -0.15) is 0 Å². The van der Waals surface area contributed by atoms with Crippen molar-refractivity contribution in [2.24, 2.45) is 0 Å².